The van der Waals surface area contributed by atoms with Crippen molar-refractivity contribution in [3.05, 3.63) is 40.4 Å². The third-order valence-corrected chi connectivity index (χ3v) is 3.08. The van der Waals surface area contributed by atoms with Crippen molar-refractivity contribution >= 4 is 23.1 Å². The van der Waals surface area contributed by atoms with Crippen molar-refractivity contribution in [1.29, 1.82) is 0 Å². The van der Waals surface area contributed by atoms with Crippen LogP contribution < -0.4 is 0 Å². The first kappa shape index (κ1) is 10.2. The first-order valence-electron chi connectivity index (χ1n) is 4.82. The molecule has 0 fully saturated rings. The second-order valence-corrected chi connectivity index (χ2v) is 4.10. The zero-order valence-corrected chi connectivity index (χ0v) is 9.08. The average molecular weight is 223 g/mol. The van der Waals surface area contributed by atoms with Crippen LogP contribution in [0.25, 0.3) is 5.57 Å². The smallest absolute Gasteiger partial charge is 0.310 e. The lowest BCUT2D eigenvalue weighted by Crippen LogP contribution is -2.10. The Morgan fingerprint density at radius 3 is 2.93 bits per heavy atom. The van der Waals surface area contributed by atoms with Gasteiger partial charge < -0.3 is 5.11 Å². The largest absolute Gasteiger partial charge is 0.481 e. The summed E-state index contributed by atoms with van der Waals surface area (Å²) in [5.41, 5.74) is 2.86. The van der Waals surface area contributed by atoms with E-state index in [4.69, 9.17) is 16.7 Å². The zero-order chi connectivity index (χ0) is 11.0. The Hall–Kier alpha value is -1.28. The van der Waals surface area contributed by atoms with E-state index in [1.165, 1.54) is 0 Å². The maximum atomic E-state index is 10.9. The Kier molecular flexibility index (Phi) is 2.53. The van der Waals surface area contributed by atoms with Gasteiger partial charge in [0.15, 0.2) is 0 Å². The summed E-state index contributed by atoms with van der Waals surface area (Å²) < 4.78 is 0. The molecule has 1 atom stereocenters. The summed E-state index contributed by atoms with van der Waals surface area (Å²) in [5, 5.41) is 9.62. The number of aliphatic carboxylic acids is 1. The summed E-state index contributed by atoms with van der Waals surface area (Å²) in [7, 11) is 0. The van der Waals surface area contributed by atoms with Crippen molar-refractivity contribution in [3.8, 4) is 0 Å². The molecule has 1 aliphatic carbocycles. The molecule has 0 amide bonds. The fraction of sp³-hybridized carbons (Fsp3) is 0.250. The lowest BCUT2D eigenvalue weighted by Gasteiger charge is -2.11. The Bertz CT molecular complexity index is 449. The third-order valence-electron chi connectivity index (χ3n) is 2.77. The predicted octanol–water partition coefficient (Wildman–Crippen LogP) is 3.00. The van der Waals surface area contributed by atoms with Crippen molar-refractivity contribution in [2.45, 2.75) is 13.3 Å². The molecule has 1 N–H and O–H groups in total. The van der Waals surface area contributed by atoms with Gasteiger partial charge in [0.2, 0.25) is 0 Å². The zero-order valence-electron chi connectivity index (χ0n) is 8.33. The molecule has 0 spiro atoms. The van der Waals surface area contributed by atoms with Gasteiger partial charge in [-0.1, -0.05) is 29.8 Å². The van der Waals surface area contributed by atoms with Gasteiger partial charge in [0.25, 0.3) is 0 Å². The van der Waals surface area contributed by atoms with Crippen LogP contribution >= 0.6 is 11.6 Å². The van der Waals surface area contributed by atoms with E-state index in [2.05, 4.69) is 0 Å². The van der Waals surface area contributed by atoms with E-state index in [1.807, 2.05) is 18.2 Å². The highest BCUT2D eigenvalue weighted by atomic mass is 35.5. The SMILES string of the molecule is CC(C(=O)O)C1=CCc2cccc(Cl)c21. The Morgan fingerprint density at radius 2 is 2.27 bits per heavy atom. The molecule has 0 aliphatic heterocycles. The molecular weight excluding hydrogens is 212 g/mol. The van der Waals surface area contributed by atoms with Crippen LogP contribution in [-0.4, -0.2) is 11.1 Å². The molecule has 78 valence electrons. The van der Waals surface area contributed by atoms with E-state index < -0.39 is 11.9 Å². The van der Waals surface area contributed by atoms with Gasteiger partial charge in [0.05, 0.1) is 5.92 Å². The monoisotopic (exact) mass is 222 g/mol. The molecule has 1 unspecified atom stereocenters. The van der Waals surface area contributed by atoms with Crippen molar-refractivity contribution in [3.63, 3.8) is 0 Å². The number of fused-ring (bicyclic) bond motifs is 1. The average Bonchev–Trinajstić information content (AvgIpc) is 2.61. The fourth-order valence-corrected chi connectivity index (χ4v) is 2.21. The Balaban J connectivity index is 2.47. The Morgan fingerprint density at radius 1 is 1.53 bits per heavy atom. The maximum absolute atomic E-state index is 10.9. The van der Waals surface area contributed by atoms with Gasteiger partial charge in [0.1, 0.15) is 0 Å². The number of rotatable bonds is 2. The van der Waals surface area contributed by atoms with Gasteiger partial charge in [0, 0.05) is 10.6 Å². The van der Waals surface area contributed by atoms with E-state index in [0.717, 1.165) is 23.1 Å². The van der Waals surface area contributed by atoms with E-state index >= 15 is 0 Å². The van der Waals surface area contributed by atoms with Crippen LogP contribution in [0.2, 0.25) is 5.02 Å². The van der Waals surface area contributed by atoms with E-state index in [9.17, 15) is 4.79 Å². The second kappa shape index (κ2) is 3.70. The maximum Gasteiger partial charge on any atom is 0.310 e. The van der Waals surface area contributed by atoms with Crippen LogP contribution in [0, 0.1) is 5.92 Å². The molecule has 0 aromatic heterocycles. The predicted molar refractivity (Wildman–Crippen MR) is 59.9 cm³/mol. The first-order valence-corrected chi connectivity index (χ1v) is 5.19. The summed E-state index contributed by atoms with van der Waals surface area (Å²) in [6, 6.07) is 5.68. The molecule has 1 aromatic rings. The van der Waals surface area contributed by atoms with Crippen LogP contribution in [0.1, 0.15) is 18.1 Å². The molecule has 0 saturated heterocycles. The standard InChI is InChI=1S/C12H11ClO2/c1-7(12(14)15)9-6-5-8-3-2-4-10(13)11(8)9/h2-4,6-7H,5H2,1H3,(H,14,15). The fourth-order valence-electron chi connectivity index (χ4n) is 1.91. The summed E-state index contributed by atoms with van der Waals surface area (Å²) in [5.74, 6) is -1.31. The number of allylic oxidation sites excluding steroid dienone is 1. The molecule has 1 aromatic carbocycles. The van der Waals surface area contributed by atoms with Crippen molar-refractivity contribution < 1.29 is 9.90 Å². The summed E-state index contributed by atoms with van der Waals surface area (Å²) in [6.45, 7) is 1.69. The summed E-state index contributed by atoms with van der Waals surface area (Å²) in [6.07, 6.45) is 2.73. The minimum Gasteiger partial charge on any atom is -0.481 e. The van der Waals surface area contributed by atoms with E-state index in [0.29, 0.717) is 5.02 Å². The lowest BCUT2D eigenvalue weighted by molar-refractivity contribution is -0.139. The molecule has 0 saturated carbocycles. The van der Waals surface area contributed by atoms with Gasteiger partial charge in [-0.3, -0.25) is 4.79 Å². The van der Waals surface area contributed by atoms with Crippen molar-refractivity contribution in [2.75, 3.05) is 0 Å². The van der Waals surface area contributed by atoms with Crippen LogP contribution in [0.4, 0.5) is 0 Å². The highest BCUT2D eigenvalue weighted by Gasteiger charge is 2.25. The molecule has 2 rings (SSSR count). The van der Waals surface area contributed by atoms with Crippen LogP contribution in [0.5, 0.6) is 0 Å². The number of carboxylic acids is 1. The van der Waals surface area contributed by atoms with Gasteiger partial charge in [-0.2, -0.15) is 0 Å². The van der Waals surface area contributed by atoms with Crippen LogP contribution in [0.3, 0.4) is 0 Å². The number of hydrogen-bond acceptors (Lipinski definition) is 1. The minimum atomic E-state index is -0.811. The van der Waals surface area contributed by atoms with Crippen molar-refractivity contribution in [2.24, 2.45) is 5.92 Å². The molecule has 0 heterocycles. The number of carboxylic acid groups (broad SMARTS) is 1. The Labute approximate surface area is 93.2 Å². The third kappa shape index (κ3) is 1.65. The number of hydrogen-bond donors (Lipinski definition) is 1. The van der Waals surface area contributed by atoms with Gasteiger partial charge >= 0.3 is 5.97 Å². The highest BCUT2D eigenvalue weighted by molar-refractivity contribution is 6.32. The van der Waals surface area contributed by atoms with Crippen molar-refractivity contribution in [1.82, 2.24) is 0 Å². The minimum absolute atomic E-state index is 0.494. The first-order chi connectivity index (χ1) is 7.11. The molecular formula is C12H11ClO2. The summed E-state index contributed by atoms with van der Waals surface area (Å²) in [4.78, 5) is 10.9. The number of benzene rings is 1. The number of carbonyl (C=O) groups is 1. The molecule has 15 heavy (non-hydrogen) atoms. The second-order valence-electron chi connectivity index (χ2n) is 3.70. The molecule has 0 bridgehead atoms. The summed E-state index contributed by atoms with van der Waals surface area (Å²) >= 11 is 6.08. The molecule has 2 nitrogen and oxygen atoms in total. The topological polar surface area (TPSA) is 37.3 Å². The van der Waals surface area contributed by atoms with Crippen LogP contribution in [-0.2, 0) is 11.2 Å². The molecule has 3 heteroatoms. The molecule has 0 radical (unpaired) electrons. The van der Waals surface area contributed by atoms with E-state index in [-0.39, 0.29) is 0 Å². The van der Waals surface area contributed by atoms with Gasteiger partial charge in [-0.05, 0) is 30.5 Å². The normalized spacial score (nSPS) is 15.7. The van der Waals surface area contributed by atoms with Crippen LogP contribution in [0.15, 0.2) is 24.3 Å². The molecule has 1 aliphatic rings. The van der Waals surface area contributed by atoms with Gasteiger partial charge in [-0.15, -0.1) is 0 Å². The highest BCUT2D eigenvalue weighted by Crippen LogP contribution is 2.37. The number of halogens is 1. The lowest BCUT2D eigenvalue weighted by atomic mass is 9.95. The quantitative estimate of drug-likeness (QED) is 0.835. The van der Waals surface area contributed by atoms with E-state index in [1.54, 1.807) is 13.0 Å². The van der Waals surface area contributed by atoms with Gasteiger partial charge in [-0.25, -0.2) is 0 Å².